The van der Waals surface area contributed by atoms with Gasteiger partial charge in [0.2, 0.25) is 11.6 Å². The van der Waals surface area contributed by atoms with Crippen LogP contribution in [-0.2, 0) is 24.3 Å². The quantitative estimate of drug-likeness (QED) is 0.343. The molecule has 8 nitrogen and oxygen atoms in total. The van der Waals surface area contributed by atoms with Crippen LogP contribution in [0.5, 0.6) is 5.75 Å². The number of carbonyl (C=O) groups is 1. The van der Waals surface area contributed by atoms with Crippen molar-refractivity contribution in [2.45, 2.75) is 133 Å². The summed E-state index contributed by atoms with van der Waals surface area (Å²) in [7, 11) is 0. The molecule has 0 N–H and O–H groups in total. The van der Waals surface area contributed by atoms with Gasteiger partial charge in [0.05, 0.1) is 0 Å². The predicted molar refractivity (Wildman–Crippen MR) is 164 cm³/mol. The maximum atomic E-state index is 13.5. The Morgan fingerprint density at radius 2 is 1.36 bits per heavy atom. The van der Waals surface area contributed by atoms with Crippen LogP contribution in [0.4, 0.5) is 0 Å². The molecule has 44 heavy (non-hydrogen) atoms. The van der Waals surface area contributed by atoms with Gasteiger partial charge in [0, 0.05) is 43.8 Å². The molecule has 1 amide bonds. The van der Waals surface area contributed by atoms with Crippen LogP contribution in [0.3, 0.4) is 0 Å². The van der Waals surface area contributed by atoms with Crippen molar-refractivity contribution in [3.05, 3.63) is 29.8 Å². The molecule has 9 rings (SSSR count). The fraction of sp³-hybridized carbons (Fsp3) is 0.806. The van der Waals surface area contributed by atoms with E-state index in [-0.39, 0.29) is 5.91 Å². The van der Waals surface area contributed by atoms with Crippen molar-refractivity contribution in [1.29, 1.82) is 0 Å². The third-order valence-corrected chi connectivity index (χ3v) is 12.6. The van der Waals surface area contributed by atoms with Crippen LogP contribution in [0.1, 0.15) is 115 Å². The van der Waals surface area contributed by atoms with Crippen molar-refractivity contribution in [1.82, 2.24) is 9.80 Å². The average Bonchev–Trinajstić information content (AvgIpc) is 3.05. The topological polar surface area (TPSA) is 69.7 Å². The SMILES string of the molecule is CC(C)(Oc1ccc(C2CCC3(CC2)OOC2(OO3)C3CC4CC(C3)CC2C4)cc1)C(=O)N1CCC(N2CCCCC2)CC1. The fourth-order valence-corrected chi connectivity index (χ4v) is 10.2. The Bertz CT molecular complexity index is 1140. The van der Waals surface area contributed by atoms with Crippen LogP contribution < -0.4 is 4.74 Å². The molecule has 0 atom stereocenters. The van der Waals surface area contributed by atoms with Gasteiger partial charge in [-0.25, -0.2) is 0 Å². The third-order valence-electron chi connectivity index (χ3n) is 12.6. The van der Waals surface area contributed by atoms with Gasteiger partial charge in [-0.05, 0) is 133 Å². The third kappa shape index (κ3) is 5.40. The van der Waals surface area contributed by atoms with Crippen molar-refractivity contribution in [3.8, 4) is 5.75 Å². The zero-order chi connectivity index (χ0) is 29.9. The number of benzene rings is 1. The monoisotopic (exact) mass is 608 g/mol. The number of hydrogen-bond acceptors (Lipinski definition) is 7. The van der Waals surface area contributed by atoms with Crippen molar-refractivity contribution in [3.63, 3.8) is 0 Å². The highest BCUT2D eigenvalue weighted by molar-refractivity contribution is 5.85. The molecule has 3 heterocycles. The van der Waals surface area contributed by atoms with E-state index >= 15 is 0 Å². The van der Waals surface area contributed by atoms with Crippen molar-refractivity contribution in [2.24, 2.45) is 23.7 Å². The maximum Gasteiger partial charge on any atom is 0.266 e. The summed E-state index contributed by atoms with van der Waals surface area (Å²) in [6, 6.07) is 8.98. The average molecular weight is 609 g/mol. The van der Waals surface area contributed by atoms with E-state index in [9.17, 15) is 4.79 Å². The highest BCUT2D eigenvalue weighted by Crippen LogP contribution is 2.62. The predicted octanol–water partition coefficient (Wildman–Crippen LogP) is 6.74. The summed E-state index contributed by atoms with van der Waals surface area (Å²) in [4.78, 5) is 42.9. The molecule has 1 aromatic rings. The lowest BCUT2D eigenvalue weighted by molar-refractivity contribution is -0.680. The van der Waals surface area contributed by atoms with E-state index in [1.165, 1.54) is 70.0 Å². The van der Waals surface area contributed by atoms with Crippen molar-refractivity contribution in [2.75, 3.05) is 26.2 Å². The lowest BCUT2D eigenvalue weighted by Gasteiger charge is -2.60. The van der Waals surface area contributed by atoms with Gasteiger partial charge in [0.25, 0.3) is 5.91 Å². The summed E-state index contributed by atoms with van der Waals surface area (Å²) in [5, 5.41) is 0. The largest absolute Gasteiger partial charge is 0.478 e. The second kappa shape index (κ2) is 11.5. The van der Waals surface area contributed by atoms with E-state index in [2.05, 4.69) is 17.0 Å². The van der Waals surface area contributed by atoms with E-state index < -0.39 is 17.2 Å². The zero-order valence-electron chi connectivity index (χ0n) is 26.8. The van der Waals surface area contributed by atoms with Crippen LogP contribution >= 0.6 is 0 Å². The lowest BCUT2D eigenvalue weighted by Crippen LogP contribution is -2.64. The van der Waals surface area contributed by atoms with Crippen LogP contribution in [0.2, 0.25) is 0 Å². The Balaban J connectivity index is 0.820. The minimum absolute atomic E-state index is 0.0867. The molecule has 8 fully saturated rings. The minimum atomic E-state index is -0.902. The van der Waals surface area contributed by atoms with Crippen molar-refractivity contribution < 1.29 is 29.1 Å². The van der Waals surface area contributed by atoms with Crippen LogP contribution in [0.15, 0.2) is 24.3 Å². The van der Waals surface area contributed by atoms with Crippen LogP contribution in [-0.4, -0.2) is 65.1 Å². The van der Waals surface area contributed by atoms with Gasteiger partial charge in [-0.15, -0.1) is 0 Å². The van der Waals surface area contributed by atoms with E-state index in [1.54, 1.807) is 0 Å². The molecule has 8 heteroatoms. The van der Waals surface area contributed by atoms with Gasteiger partial charge in [0.1, 0.15) is 5.75 Å². The zero-order valence-corrected chi connectivity index (χ0v) is 26.8. The first-order chi connectivity index (χ1) is 21.3. The molecule has 4 bridgehead atoms. The molecule has 242 valence electrons. The number of hydrogen-bond donors (Lipinski definition) is 0. The Morgan fingerprint density at radius 1 is 0.773 bits per heavy atom. The number of nitrogens with zero attached hydrogens (tertiary/aromatic N) is 2. The number of likely N-dealkylation sites (tertiary alicyclic amines) is 2. The molecule has 2 spiro atoms. The van der Waals surface area contributed by atoms with E-state index in [0.29, 0.717) is 23.8 Å². The van der Waals surface area contributed by atoms with Gasteiger partial charge in [-0.1, -0.05) is 18.6 Å². The number of rotatable bonds is 5. The van der Waals surface area contributed by atoms with Gasteiger partial charge in [-0.3, -0.25) is 4.79 Å². The van der Waals surface area contributed by atoms with Crippen LogP contribution in [0.25, 0.3) is 0 Å². The Labute approximate surface area is 262 Å². The Kier molecular flexibility index (Phi) is 7.77. The highest BCUT2D eigenvalue weighted by atomic mass is 17.4. The molecule has 5 saturated carbocycles. The molecule has 3 aliphatic heterocycles. The molecule has 1 aromatic carbocycles. The summed E-state index contributed by atoms with van der Waals surface area (Å²) in [5.74, 6) is 2.20. The highest BCUT2D eigenvalue weighted by Gasteiger charge is 2.64. The number of amides is 1. The molecule has 5 aliphatic carbocycles. The molecule has 0 radical (unpaired) electrons. The molecule has 0 unspecified atom stereocenters. The fourth-order valence-electron chi connectivity index (χ4n) is 10.2. The van der Waals surface area contributed by atoms with Crippen LogP contribution in [0, 0.1) is 23.7 Å². The van der Waals surface area contributed by atoms with E-state index in [4.69, 9.17) is 24.3 Å². The van der Waals surface area contributed by atoms with Gasteiger partial charge < -0.3 is 14.5 Å². The summed E-state index contributed by atoms with van der Waals surface area (Å²) in [5.41, 5.74) is 0.382. The standard InChI is InChI=1S/C36H52N2O6/c1-34(2,33(39)38-18-12-31(13-19-38)37-16-4-3-5-17-37)40-32-8-6-27(7-9-32)28-10-14-35(15-11-28)41-43-36(44-42-35)29-21-25-20-26(23-29)24-30(36)22-25/h6-9,25-26,28-31H,3-5,10-24H2,1-2H3. The van der Waals surface area contributed by atoms with Gasteiger partial charge in [-0.2, -0.15) is 19.6 Å². The minimum Gasteiger partial charge on any atom is -0.478 e. The second-order valence-corrected chi connectivity index (χ2v) is 15.8. The smallest absolute Gasteiger partial charge is 0.266 e. The van der Waals surface area contributed by atoms with E-state index in [1.807, 2.05) is 30.9 Å². The Morgan fingerprint density at radius 3 is 1.95 bits per heavy atom. The molecule has 3 saturated heterocycles. The normalized spacial score (nSPS) is 39.7. The van der Waals surface area contributed by atoms with E-state index in [0.717, 1.165) is 69.2 Å². The molecule has 0 aromatic heterocycles. The maximum absolute atomic E-state index is 13.5. The summed E-state index contributed by atoms with van der Waals surface area (Å²) < 4.78 is 6.31. The van der Waals surface area contributed by atoms with Gasteiger partial charge in [0.15, 0.2) is 5.60 Å². The van der Waals surface area contributed by atoms with Gasteiger partial charge >= 0.3 is 0 Å². The second-order valence-electron chi connectivity index (χ2n) is 15.8. The molecule has 8 aliphatic rings. The van der Waals surface area contributed by atoms with Crippen molar-refractivity contribution >= 4 is 5.91 Å². The number of carbonyl (C=O) groups excluding carboxylic acids is 1. The summed E-state index contributed by atoms with van der Waals surface area (Å²) in [6.45, 7) is 7.89. The first-order valence-corrected chi connectivity index (χ1v) is 17.9. The summed E-state index contributed by atoms with van der Waals surface area (Å²) in [6.07, 6.45) is 15.6. The molecular weight excluding hydrogens is 556 g/mol. The Hall–Kier alpha value is -1.71. The number of ether oxygens (including phenoxy) is 1. The first-order valence-electron chi connectivity index (χ1n) is 17.9. The first kappa shape index (κ1) is 29.7. The lowest BCUT2D eigenvalue weighted by atomic mass is 9.53. The molecular formula is C36H52N2O6. The summed E-state index contributed by atoms with van der Waals surface area (Å²) >= 11 is 0. The number of piperidine rings is 2.